The zero-order valence-corrected chi connectivity index (χ0v) is 14.2. The molecule has 1 rings (SSSR count). The van der Waals surface area contributed by atoms with Crippen molar-refractivity contribution in [2.45, 2.75) is 64.7 Å². The highest BCUT2D eigenvalue weighted by atomic mass is 16.5. The molecule has 1 aromatic carbocycles. The Hall–Kier alpha value is -1.39. The molecule has 4 heteroatoms. The second-order valence-electron chi connectivity index (χ2n) is 6.99. The van der Waals surface area contributed by atoms with Crippen LogP contribution in [0.25, 0.3) is 0 Å². The first-order chi connectivity index (χ1) is 10.2. The average Bonchev–Trinajstić information content (AvgIpc) is 2.42. The number of nitrogens with two attached hydrogens (primary N) is 1. The second-order valence-corrected chi connectivity index (χ2v) is 6.99. The van der Waals surface area contributed by atoms with Crippen molar-refractivity contribution in [3.63, 3.8) is 0 Å². The van der Waals surface area contributed by atoms with Gasteiger partial charge in [-0.15, -0.1) is 0 Å². The number of hydrogen-bond acceptors (Lipinski definition) is 4. The normalized spacial score (nSPS) is 12.2. The van der Waals surface area contributed by atoms with Crippen LogP contribution in [0.15, 0.2) is 30.3 Å². The molecule has 0 fully saturated rings. The molecule has 0 spiro atoms. The first-order valence-electron chi connectivity index (χ1n) is 7.80. The lowest BCUT2D eigenvalue weighted by Gasteiger charge is -2.27. The molecule has 0 atom stereocenters. The van der Waals surface area contributed by atoms with E-state index in [0.29, 0.717) is 26.1 Å². The number of benzene rings is 1. The molecule has 0 aliphatic rings. The molecule has 0 saturated carbocycles. The van der Waals surface area contributed by atoms with Gasteiger partial charge in [-0.1, -0.05) is 30.3 Å². The first kappa shape index (κ1) is 18.7. The summed E-state index contributed by atoms with van der Waals surface area (Å²) in [5.41, 5.74) is 6.34. The highest BCUT2D eigenvalue weighted by Gasteiger charge is 2.21. The van der Waals surface area contributed by atoms with Gasteiger partial charge in [0.25, 0.3) is 0 Å². The predicted molar refractivity (Wildman–Crippen MR) is 88.4 cm³/mol. The lowest BCUT2D eigenvalue weighted by Crippen LogP contribution is -2.35. The lowest BCUT2D eigenvalue weighted by atomic mass is 10.0. The minimum Gasteiger partial charge on any atom is -0.461 e. The molecule has 124 valence electrons. The molecule has 0 amide bonds. The number of esters is 1. The van der Waals surface area contributed by atoms with Crippen LogP contribution >= 0.6 is 0 Å². The molecular weight excluding hydrogens is 278 g/mol. The minimum atomic E-state index is -0.350. The molecule has 0 saturated heterocycles. The summed E-state index contributed by atoms with van der Waals surface area (Å²) in [5.74, 6) is -0.195. The Kier molecular flexibility index (Phi) is 7.04. The summed E-state index contributed by atoms with van der Waals surface area (Å²) in [7, 11) is 0. The van der Waals surface area contributed by atoms with Gasteiger partial charge in [-0.05, 0) is 46.1 Å². The highest BCUT2D eigenvalue weighted by molar-refractivity contribution is 5.69. The Bertz CT molecular complexity index is 449. The minimum absolute atomic E-state index is 0.195. The van der Waals surface area contributed by atoms with Crippen LogP contribution in [0, 0.1) is 0 Å². The van der Waals surface area contributed by atoms with Crippen LogP contribution in [0.1, 0.15) is 52.5 Å². The van der Waals surface area contributed by atoms with Crippen LogP contribution in [0.2, 0.25) is 0 Å². The Morgan fingerprint density at radius 1 is 1.09 bits per heavy atom. The first-order valence-corrected chi connectivity index (χ1v) is 7.80. The zero-order chi connectivity index (χ0) is 16.6. The molecule has 2 N–H and O–H groups in total. The second kappa shape index (κ2) is 8.30. The van der Waals surface area contributed by atoms with E-state index in [0.717, 1.165) is 12.0 Å². The molecule has 0 aromatic heterocycles. The molecular formula is C18H29NO3. The van der Waals surface area contributed by atoms with Crippen molar-refractivity contribution in [1.82, 2.24) is 0 Å². The van der Waals surface area contributed by atoms with Crippen molar-refractivity contribution >= 4 is 5.97 Å². The van der Waals surface area contributed by atoms with E-state index >= 15 is 0 Å². The van der Waals surface area contributed by atoms with Crippen molar-refractivity contribution in [3.8, 4) is 0 Å². The molecule has 0 aliphatic carbocycles. The van der Waals surface area contributed by atoms with Gasteiger partial charge in [0.2, 0.25) is 0 Å². The van der Waals surface area contributed by atoms with Gasteiger partial charge in [0, 0.05) is 18.6 Å². The summed E-state index contributed by atoms with van der Waals surface area (Å²) in [6, 6.07) is 9.68. The van der Waals surface area contributed by atoms with Crippen molar-refractivity contribution in [2.24, 2.45) is 5.73 Å². The van der Waals surface area contributed by atoms with Crippen LogP contribution in [-0.4, -0.2) is 23.7 Å². The molecule has 0 heterocycles. The van der Waals surface area contributed by atoms with E-state index in [9.17, 15) is 4.79 Å². The van der Waals surface area contributed by atoms with Gasteiger partial charge >= 0.3 is 5.97 Å². The van der Waals surface area contributed by atoms with E-state index in [2.05, 4.69) is 0 Å². The van der Waals surface area contributed by atoms with Crippen molar-refractivity contribution in [2.75, 3.05) is 6.61 Å². The number of ether oxygens (including phenoxy) is 2. The third kappa shape index (κ3) is 8.80. The average molecular weight is 307 g/mol. The quantitative estimate of drug-likeness (QED) is 0.710. The number of carbonyl (C=O) groups is 1. The standard InChI is InChI=1S/C18H29NO3/c1-17(2,19)12-13-22-18(3,4)11-10-16(20)21-14-15-8-6-5-7-9-15/h5-9H,10-14,19H2,1-4H3. The van der Waals surface area contributed by atoms with Crippen molar-refractivity contribution in [1.29, 1.82) is 0 Å². The van der Waals surface area contributed by atoms with E-state index in [-0.39, 0.29) is 17.1 Å². The highest BCUT2D eigenvalue weighted by Crippen LogP contribution is 2.19. The Morgan fingerprint density at radius 3 is 2.32 bits per heavy atom. The third-order valence-electron chi connectivity index (χ3n) is 3.41. The number of hydrogen-bond donors (Lipinski definition) is 1. The van der Waals surface area contributed by atoms with Gasteiger partial charge in [0.15, 0.2) is 0 Å². The fourth-order valence-electron chi connectivity index (χ4n) is 1.88. The monoisotopic (exact) mass is 307 g/mol. The van der Waals surface area contributed by atoms with Gasteiger partial charge in [-0.2, -0.15) is 0 Å². The predicted octanol–water partition coefficient (Wildman–Crippen LogP) is 3.43. The van der Waals surface area contributed by atoms with Crippen LogP contribution in [0.3, 0.4) is 0 Å². The van der Waals surface area contributed by atoms with Gasteiger partial charge in [0.1, 0.15) is 6.61 Å². The van der Waals surface area contributed by atoms with E-state index in [1.807, 2.05) is 58.0 Å². The summed E-state index contributed by atoms with van der Waals surface area (Å²) in [5, 5.41) is 0. The Balaban J connectivity index is 2.24. The fraction of sp³-hybridized carbons (Fsp3) is 0.611. The van der Waals surface area contributed by atoms with E-state index in [1.165, 1.54) is 0 Å². The summed E-state index contributed by atoms with van der Waals surface area (Å²) in [6.07, 6.45) is 1.77. The smallest absolute Gasteiger partial charge is 0.306 e. The Morgan fingerprint density at radius 2 is 1.73 bits per heavy atom. The van der Waals surface area contributed by atoms with Crippen LogP contribution < -0.4 is 5.73 Å². The van der Waals surface area contributed by atoms with Crippen molar-refractivity contribution in [3.05, 3.63) is 35.9 Å². The Labute approximate surface area is 134 Å². The molecule has 1 aromatic rings. The van der Waals surface area contributed by atoms with Gasteiger partial charge in [0.05, 0.1) is 5.60 Å². The molecule has 4 nitrogen and oxygen atoms in total. The van der Waals surface area contributed by atoms with E-state index in [1.54, 1.807) is 0 Å². The third-order valence-corrected chi connectivity index (χ3v) is 3.41. The van der Waals surface area contributed by atoms with Gasteiger partial charge in [-0.3, -0.25) is 4.79 Å². The summed E-state index contributed by atoms with van der Waals surface area (Å²) >= 11 is 0. The van der Waals surface area contributed by atoms with E-state index in [4.69, 9.17) is 15.2 Å². The van der Waals surface area contributed by atoms with Crippen LogP contribution in [0.4, 0.5) is 0 Å². The van der Waals surface area contributed by atoms with Gasteiger partial charge < -0.3 is 15.2 Å². The number of rotatable bonds is 9. The summed E-state index contributed by atoms with van der Waals surface area (Å²) < 4.78 is 11.1. The molecule has 0 aliphatic heterocycles. The van der Waals surface area contributed by atoms with Gasteiger partial charge in [-0.25, -0.2) is 0 Å². The zero-order valence-electron chi connectivity index (χ0n) is 14.2. The maximum Gasteiger partial charge on any atom is 0.306 e. The lowest BCUT2D eigenvalue weighted by molar-refractivity contribution is -0.146. The number of carbonyl (C=O) groups excluding carboxylic acids is 1. The molecule has 0 radical (unpaired) electrons. The maximum atomic E-state index is 11.8. The van der Waals surface area contributed by atoms with Crippen LogP contribution in [0.5, 0.6) is 0 Å². The largest absolute Gasteiger partial charge is 0.461 e. The topological polar surface area (TPSA) is 61.5 Å². The van der Waals surface area contributed by atoms with E-state index < -0.39 is 0 Å². The maximum absolute atomic E-state index is 11.8. The SMILES string of the molecule is CC(C)(N)CCOC(C)(C)CCC(=O)OCc1ccccc1. The fourth-order valence-corrected chi connectivity index (χ4v) is 1.88. The van der Waals surface area contributed by atoms with Crippen molar-refractivity contribution < 1.29 is 14.3 Å². The molecule has 0 unspecified atom stereocenters. The molecule has 0 bridgehead atoms. The summed E-state index contributed by atoms with van der Waals surface area (Å²) in [6.45, 7) is 8.84. The molecule has 22 heavy (non-hydrogen) atoms. The summed E-state index contributed by atoms with van der Waals surface area (Å²) in [4.78, 5) is 11.8. The van der Waals surface area contributed by atoms with Crippen LogP contribution in [-0.2, 0) is 20.9 Å².